The van der Waals surface area contributed by atoms with E-state index in [0.29, 0.717) is 31.2 Å². The molecule has 184 valence electrons. The number of aromatic nitrogens is 4. The molecule has 2 unspecified atom stereocenters. The van der Waals surface area contributed by atoms with Crippen LogP contribution >= 0.6 is 0 Å². The molecular formula is C24H35N7O3. The summed E-state index contributed by atoms with van der Waals surface area (Å²) in [7, 11) is 3.37. The lowest BCUT2D eigenvalue weighted by atomic mass is 10.2. The Labute approximate surface area is 199 Å². The Morgan fingerprint density at radius 1 is 1.29 bits per heavy atom. The van der Waals surface area contributed by atoms with Crippen LogP contribution in [0.4, 0.5) is 5.95 Å². The molecule has 0 bridgehead atoms. The number of anilines is 1. The van der Waals surface area contributed by atoms with Crippen LogP contribution in [0.3, 0.4) is 0 Å². The number of fused-ring (bicyclic) bond motifs is 1. The number of likely N-dealkylation sites (tertiary alicyclic amines) is 1. The zero-order valence-corrected chi connectivity index (χ0v) is 20.2. The van der Waals surface area contributed by atoms with Crippen LogP contribution < -0.4 is 21.1 Å². The molecule has 10 heteroatoms. The van der Waals surface area contributed by atoms with E-state index in [1.54, 1.807) is 24.9 Å². The zero-order valence-electron chi connectivity index (χ0n) is 20.2. The highest BCUT2D eigenvalue weighted by atomic mass is 16.5. The first kappa shape index (κ1) is 24.2. The van der Waals surface area contributed by atoms with E-state index in [1.165, 1.54) is 0 Å². The van der Waals surface area contributed by atoms with Crippen molar-refractivity contribution in [3.05, 3.63) is 46.5 Å². The summed E-state index contributed by atoms with van der Waals surface area (Å²) < 4.78 is 8.83. The summed E-state index contributed by atoms with van der Waals surface area (Å²) in [5, 5.41) is 16.1. The van der Waals surface area contributed by atoms with E-state index < -0.39 is 6.23 Å². The Kier molecular flexibility index (Phi) is 7.81. The average Bonchev–Trinajstić information content (AvgIpc) is 3.41. The highest BCUT2D eigenvalue weighted by Gasteiger charge is 2.29. The van der Waals surface area contributed by atoms with Gasteiger partial charge in [-0.2, -0.15) is 4.98 Å². The normalized spacial score (nSPS) is 17.4. The number of methoxy groups -OCH3 is 1. The summed E-state index contributed by atoms with van der Waals surface area (Å²) in [6.45, 7) is 5.37. The van der Waals surface area contributed by atoms with Gasteiger partial charge in [0.15, 0.2) is 5.65 Å². The molecule has 34 heavy (non-hydrogen) atoms. The van der Waals surface area contributed by atoms with Crippen LogP contribution in [0.1, 0.15) is 37.8 Å². The number of imidazole rings is 1. The minimum atomic E-state index is -0.591. The first-order valence-electron chi connectivity index (χ1n) is 12.0. The summed E-state index contributed by atoms with van der Waals surface area (Å²) in [5.41, 5.74) is 2.27. The van der Waals surface area contributed by atoms with Gasteiger partial charge in [-0.1, -0.05) is 25.5 Å². The number of aliphatic hydroxyl groups excluding tert-OH is 1. The van der Waals surface area contributed by atoms with E-state index in [4.69, 9.17) is 9.72 Å². The van der Waals surface area contributed by atoms with E-state index in [2.05, 4.69) is 27.4 Å². The number of nitrogens with one attached hydrogen (secondary N) is 2. The number of hydrogen-bond acceptors (Lipinski definition) is 8. The fraction of sp³-hybridized carbons (Fsp3) is 0.542. The molecule has 1 aliphatic rings. The van der Waals surface area contributed by atoms with Crippen LogP contribution in [0, 0.1) is 0 Å². The molecule has 1 aliphatic heterocycles. The summed E-state index contributed by atoms with van der Waals surface area (Å²) >= 11 is 0. The van der Waals surface area contributed by atoms with Crippen LogP contribution in [-0.4, -0.2) is 75.7 Å². The van der Waals surface area contributed by atoms with Crippen molar-refractivity contribution in [1.29, 1.82) is 0 Å². The van der Waals surface area contributed by atoms with Gasteiger partial charge >= 0.3 is 5.69 Å². The van der Waals surface area contributed by atoms with Crippen LogP contribution in [0.15, 0.2) is 35.3 Å². The van der Waals surface area contributed by atoms with Gasteiger partial charge in [0.1, 0.15) is 17.5 Å². The first-order chi connectivity index (χ1) is 16.5. The van der Waals surface area contributed by atoms with Crippen molar-refractivity contribution in [3.63, 3.8) is 0 Å². The van der Waals surface area contributed by atoms with Gasteiger partial charge in [-0.15, -0.1) is 0 Å². The number of unbranched alkanes of at least 4 members (excludes halogenated alkanes) is 1. The number of benzene rings is 1. The minimum Gasteiger partial charge on any atom is -0.497 e. The molecule has 0 amide bonds. The molecule has 1 saturated heterocycles. The second kappa shape index (κ2) is 11.0. The van der Waals surface area contributed by atoms with Crippen molar-refractivity contribution in [2.24, 2.45) is 0 Å². The Hall–Kier alpha value is -2.95. The molecule has 0 aliphatic carbocycles. The number of β-amino-alcohol motifs (C(OH)–C–C–N with tert-alkyl or cyclic N) is 1. The Balaban J connectivity index is 1.69. The maximum absolute atomic E-state index is 13.7. The first-order valence-corrected chi connectivity index (χ1v) is 12.0. The predicted molar refractivity (Wildman–Crippen MR) is 132 cm³/mol. The van der Waals surface area contributed by atoms with E-state index in [0.717, 1.165) is 49.2 Å². The van der Waals surface area contributed by atoms with Gasteiger partial charge in [-0.3, -0.25) is 19.4 Å². The lowest BCUT2D eigenvalue weighted by Gasteiger charge is -2.19. The van der Waals surface area contributed by atoms with Crippen molar-refractivity contribution in [3.8, 4) is 5.75 Å². The Morgan fingerprint density at radius 2 is 2.09 bits per heavy atom. The number of ether oxygens (including phenoxy) is 1. The van der Waals surface area contributed by atoms with Gasteiger partial charge in [0.2, 0.25) is 5.95 Å². The van der Waals surface area contributed by atoms with Crippen molar-refractivity contribution < 1.29 is 9.84 Å². The van der Waals surface area contributed by atoms with E-state index in [-0.39, 0.29) is 11.7 Å². The van der Waals surface area contributed by atoms with Gasteiger partial charge in [-0.25, -0.2) is 9.78 Å². The number of nitrogens with zero attached hydrogens (tertiary/aromatic N) is 5. The van der Waals surface area contributed by atoms with Gasteiger partial charge in [0.25, 0.3) is 0 Å². The van der Waals surface area contributed by atoms with Crippen molar-refractivity contribution in [1.82, 2.24) is 29.3 Å². The average molecular weight is 470 g/mol. The second-order valence-corrected chi connectivity index (χ2v) is 8.78. The Morgan fingerprint density at radius 3 is 2.79 bits per heavy atom. The lowest BCUT2D eigenvalue weighted by Crippen LogP contribution is -2.38. The zero-order chi connectivity index (χ0) is 24.1. The summed E-state index contributed by atoms with van der Waals surface area (Å²) in [6, 6.07) is 7.72. The van der Waals surface area contributed by atoms with Gasteiger partial charge in [0.05, 0.1) is 25.9 Å². The molecule has 1 fully saturated rings. The van der Waals surface area contributed by atoms with Crippen LogP contribution in [0.5, 0.6) is 5.75 Å². The van der Waals surface area contributed by atoms with Crippen molar-refractivity contribution in [2.75, 3.05) is 45.7 Å². The summed E-state index contributed by atoms with van der Waals surface area (Å²) in [5.74, 6) is 1.31. The predicted octanol–water partition coefficient (Wildman–Crippen LogP) is 1.65. The van der Waals surface area contributed by atoms with Crippen LogP contribution in [-0.2, 0) is 6.54 Å². The monoisotopic (exact) mass is 469 g/mol. The van der Waals surface area contributed by atoms with Gasteiger partial charge < -0.3 is 15.2 Å². The SMILES string of the molecule is CCCCNc1ncc2c(n1)n(Cc1ccc(OC)cc1)c(=O)n2C1CCN(CC(O)NC)C1. The van der Waals surface area contributed by atoms with Crippen LogP contribution in [0.25, 0.3) is 11.2 Å². The quantitative estimate of drug-likeness (QED) is 0.287. The molecule has 1 aromatic carbocycles. The highest BCUT2D eigenvalue weighted by Crippen LogP contribution is 2.25. The largest absolute Gasteiger partial charge is 0.497 e. The maximum Gasteiger partial charge on any atom is 0.330 e. The third-order valence-corrected chi connectivity index (χ3v) is 6.39. The number of aliphatic hydroxyl groups is 1. The van der Waals surface area contributed by atoms with Crippen molar-refractivity contribution >= 4 is 17.1 Å². The molecule has 0 saturated carbocycles. The molecular weight excluding hydrogens is 434 g/mol. The molecule has 3 aromatic rings. The molecule has 2 aromatic heterocycles. The lowest BCUT2D eigenvalue weighted by molar-refractivity contribution is 0.101. The molecule has 10 nitrogen and oxygen atoms in total. The molecule has 3 N–H and O–H groups in total. The third-order valence-electron chi connectivity index (χ3n) is 6.39. The minimum absolute atomic E-state index is 0.00123. The Bertz CT molecular complexity index is 1140. The number of hydrogen-bond donors (Lipinski definition) is 3. The highest BCUT2D eigenvalue weighted by molar-refractivity contribution is 5.72. The second-order valence-electron chi connectivity index (χ2n) is 8.78. The fourth-order valence-electron chi connectivity index (χ4n) is 4.45. The fourth-order valence-corrected chi connectivity index (χ4v) is 4.45. The topological polar surface area (TPSA) is 109 Å². The summed E-state index contributed by atoms with van der Waals surface area (Å²) in [4.78, 5) is 25.1. The standard InChI is InChI=1S/C24H35N7O3/c1-4-5-11-26-23-27-13-20-22(28-23)30(14-17-6-8-19(34-3)9-7-17)24(33)31(20)18-10-12-29(15-18)16-21(32)25-2/h6-9,13,18,21,25,32H,4-5,10-12,14-16H2,1-3H3,(H,26,27,28). The smallest absolute Gasteiger partial charge is 0.330 e. The van der Waals surface area contributed by atoms with E-state index >= 15 is 0 Å². The van der Waals surface area contributed by atoms with E-state index in [1.807, 2.05) is 28.8 Å². The molecule has 4 rings (SSSR count). The molecule has 3 heterocycles. The van der Waals surface area contributed by atoms with Gasteiger partial charge in [-0.05, 0) is 37.6 Å². The number of likely N-dealkylation sites (N-methyl/N-ethyl adjacent to an activating group) is 1. The van der Waals surface area contributed by atoms with Gasteiger partial charge in [0, 0.05) is 26.2 Å². The molecule has 0 radical (unpaired) electrons. The van der Waals surface area contributed by atoms with Crippen molar-refractivity contribution in [2.45, 2.75) is 45.0 Å². The maximum atomic E-state index is 13.7. The third kappa shape index (κ3) is 5.24. The van der Waals surface area contributed by atoms with Crippen LogP contribution in [0.2, 0.25) is 0 Å². The van der Waals surface area contributed by atoms with E-state index in [9.17, 15) is 9.90 Å². The molecule has 0 spiro atoms. The summed E-state index contributed by atoms with van der Waals surface area (Å²) in [6.07, 6.45) is 4.10. The molecule has 2 atom stereocenters. The number of rotatable bonds is 11.